The molecule has 9 nitrogen and oxygen atoms in total. The Hall–Kier alpha value is -3.11. The SMILES string of the molecule is COc1ccc(NC(=O)COC(=O)c2ccccc2O)cc1S(=O)(=O)N1CCCCC1. The minimum atomic E-state index is -3.79. The maximum absolute atomic E-state index is 13.0. The van der Waals surface area contributed by atoms with Gasteiger partial charge in [0.15, 0.2) is 6.61 Å². The van der Waals surface area contributed by atoms with E-state index in [0.29, 0.717) is 13.1 Å². The minimum absolute atomic E-state index is 0.0408. The summed E-state index contributed by atoms with van der Waals surface area (Å²) in [6.07, 6.45) is 2.57. The zero-order chi connectivity index (χ0) is 22.4. The molecule has 0 saturated carbocycles. The van der Waals surface area contributed by atoms with Crippen molar-refractivity contribution in [2.24, 2.45) is 0 Å². The number of carbonyl (C=O) groups excluding carboxylic acids is 2. The number of rotatable bonds is 7. The normalized spacial score (nSPS) is 14.6. The average molecular weight is 448 g/mol. The lowest BCUT2D eigenvalue weighted by molar-refractivity contribution is -0.119. The third-order valence-corrected chi connectivity index (χ3v) is 6.76. The molecular weight excluding hydrogens is 424 g/mol. The van der Waals surface area contributed by atoms with Crippen molar-refractivity contribution in [3.05, 3.63) is 48.0 Å². The topological polar surface area (TPSA) is 122 Å². The molecule has 0 atom stereocenters. The van der Waals surface area contributed by atoms with Crippen LogP contribution >= 0.6 is 0 Å². The molecule has 0 spiro atoms. The lowest BCUT2D eigenvalue weighted by Gasteiger charge is -2.26. The summed E-state index contributed by atoms with van der Waals surface area (Å²) in [7, 11) is -2.41. The molecule has 0 aromatic heterocycles. The van der Waals surface area contributed by atoms with Gasteiger partial charge in [0.25, 0.3) is 5.91 Å². The molecule has 2 aromatic carbocycles. The van der Waals surface area contributed by atoms with Gasteiger partial charge in [-0.2, -0.15) is 4.31 Å². The summed E-state index contributed by atoms with van der Waals surface area (Å²) in [5, 5.41) is 12.2. The molecule has 2 N–H and O–H groups in total. The Morgan fingerprint density at radius 3 is 2.48 bits per heavy atom. The van der Waals surface area contributed by atoms with Crippen LogP contribution < -0.4 is 10.1 Å². The van der Waals surface area contributed by atoms with Gasteiger partial charge in [0.2, 0.25) is 10.0 Å². The second-order valence-electron chi connectivity index (χ2n) is 6.97. The molecule has 0 radical (unpaired) electrons. The largest absolute Gasteiger partial charge is 0.507 e. The summed E-state index contributed by atoms with van der Waals surface area (Å²) in [5.41, 5.74) is 0.162. The number of esters is 1. The highest BCUT2D eigenvalue weighted by molar-refractivity contribution is 7.89. The number of para-hydroxylation sites is 1. The molecule has 2 aromatic rings. The van der Waals surface area contributed by atoms with Crippen molar-refractivity contribution in [2.75, 3.05) is 32.1 Å². The van der Waals surface area contributed by atoms with Crippen molar-refractivity contribution in [2.45, 2.75) is 24.2 Å². The van der Waals surface area contributed by atoms with Gasteiger partial charge >= 0.3 is 5.97 Å². The molecular formula is C21H24N2O7S. The Bertz CT molecular complexity index is 1060. The van der Waals surface area contributed by atoms with E-state index in [1.54, 1.807) is 12.1 Å². The number of anilines is 1. The Balaban J connectivity index is 1.70. The van der Waals surface area contributed by atoms with E-state index >= 15 is 0 Å². The number of ether oxygens (including phenoxy) is 2. The third-order valence-electron chi connectivity index (χ3n) is 4.84. The fourth-order valence-electron chi connectivity index (χ4n) is 3.25. The first kappa shape index (κ1) is 22.6. The fourth-order valence-corrected chi connectivity index (χ4v) is 4.95. The van der Waals surface area contributed by atoms with Crippen LogP contribution in [-0.2, 0) is 19.6 Å². The molecule has 10 heteroatoms. The average Bonchev–Trinajstić information content (AvgIpc) is 2.78. The Morgan fingerprint density at radius 1 is 1.10 bits per heavy atom. The molecule has 1 amide bonds. The number of amides is 1. The van der Waals surface area contributed by atoms with Crippen molar-refractivity contribution in [1.82, 2.24) is 4.31 Å². The number of carbonyl (C=O) groups is 2. The monoisotopic (exact) mass is 448 g/mol. The van der Waals surface area contributed by atoms with Crippen LogP contribution in [0, 0.1) is 0 Å². The zero-order valence-corrected chi connectivity index (χ0v) is 17.9. The summed E-state index contributed by atoms with van der Waals surface area (Å²) < 4.78 is 37.6. The number of aromatic hydroxyl groups is 1. The summed E-state index contributed by atoms with van der Waals surface area (Å²) in [5.74, 6) is -1.59. The highest BCUT2D eigenvalue weighted by atomic mass is 32.2. The lowest BCUT2D eigenvalue weighted by atomic mass is 10.2. The van der Waals surface area contributed by atoms with Crippen LogP contribution in [0.1, 0.15) is 29.6 Å². The Labute approximate surface area is 180 Å². The van der Waals surface area contributed by atoms with Crippen molar-refractivity contribution in [3.8, 4) is 11.5 Å². The fraction of sp³-hybridized carbons (Fsp3) is 0.333. The standard InChI is InChI=1S/C21H24N2O7S/c1-29-18-10-9-15(13-19(18)31(27,28)23-11-5-2-6-12-23)22-20(25)14-30-21(26)16-7-3-4-8-17(16)24/h3-4,7-10,13,24H,2,5-6,11-12,14H2,1H3,(H,22,25). The molecule has 3 rings (SSSR count). The van der Waals surface area contributed by atoms with E-state index in [1.165, 1.54) is 41.7 Å². The third kappa shape index (κ3) is 5.33. The van der Waals surface area contributed by atoms with Gasteiger partial charge in [-0.05, 0) is 43.2 Å². The zero-order valence-electron chi connectivity index (χ0n) is 17.0. The highest BCUT2D eigenvalue weighted by Gasteiger charge is 2.29. The number of piperidine rings is 1. The number of nitrogens with one attached hydrogen (secondary N) is 1. The maximum atomic E-state index is 13.0. The van der Waals surface area contributed by atoms with Gasteiger partial charge in [-0.1, -0.05) is 18.6 Å². The van der Waals surface area contributed by atoms with Crippen LogP contribution in [0.15, 0.2) is 47.4 Å². The van der Waals surface area contributed by atoms with E-state index < -0.39 is 28.5 Å². The lowest BCUT2D eigenvalue weighted by Crippen LogP contribution is -2.35. The van der Waals surface area contributed by atoms with Gasteiger partial charge in [0.1, 0.15) is 22.0 Å². The van der Waals surface area contributed by atoms with E-state index in [1.807, 2.05) is 0 Å². The predicted octanol–water partition coefficient (Wildman–Crippen LogP) is 2.37. The number of phenolic OH excluding ortho intramolecular Hbond substituents is 1. The summed E-state index contributed by atoms with van der Waals surface area (Å²) >= 11 is 0. The second-order valence-corrected chi connectivity index (χ2v) is 8.88. The molecule has 1 aliphatic rings. The number of benzene rings is 2. The first-order valence-electron chi connectivity index (χ1n) is 9.76. The second kappa shape index (κ2) is 9.80. The highest BCUT2D eigenvalue weighted by Crippen LogP contribution is 2.31. The maximum Gasteiger partial charge on any atom is 0.342 e. The number of nitrogens with zero attached hydrogens (tertiary/aromatic N) is 1. The van der Waals surface area contributed by atoms with Crippen LogP contribution in [0.2, 0.25) is 0 Å². The summed E-state index contributed by atoms with van der Waals surface area (Å²) in [4.78, 5) is 24.2. The molecule has 1 saturated heterocycles. The number of hydrogen-bond acceptors (Lipinski definition) is 7. The summed E-state index contributed by atoms with van der Waals surface area (Å²) in [6.45, 7) is 0.266. The number of hydrogen-bond donors (Lipinski definition) is 2. The minimum Gasteiger partial charge on any atom is -0.507 e. The molecule has 31 heavy (non-hydrogen) atoms. The van der Waals surface area contributed by atoms with Gasteiger partial charge in [-0.25, -0.2) is 13.2 Å². The smallest absolute Gasteiger partial charge is 0.342 e. The van der Waals surface area contributed by atoms with Gasteiger partial charge in [0.05, 0.1) is 7.11 Å². The number of sulfonamides is 1. The van der Waals surface area contributed by atoms with Crippen LogP contribution in [0.5, 0.6) is 11.5 Å². The van der Waals surface area contributed by atoms with Crippen molar-refractivity contribution in [1.29, 1.82) is 0 Å². The van der Waals surface area contributed by atoms with E-state index in [9.17, 15) is 23.1 Å². The predicted molar refractivity (Wildman–Crippen MR) is 113 cm³/mol. The molecule has 166 valence electrons. The van der Waals surface area contributed by atoms with Crippen LogP contribution in [0.25, 0.3) is 0 Å². The van der Waals surface area contributed by atoms with Crippen LogP contribution in [0.3, 0.4) is 0 Å². The van der Waals surface area contributed by atoms with E-state index in [0.717, 1.165) is 19.3 Å². The number of phenols is 1. The van der Waals surface area contributed by atoms with E-state index in [2.05, 4.69) is 5.32 Å². The number of methoxy groups -OCH3 is 1. The van der Waals surface area contributed by atoms with Gasteiger partial charge < -0.3 is 19.9 Å². The van der Waals surface area contributed by atoms with E-state index in [-0.39, 0.29) is 27.6 Å². The Morgan fingerprint density at radius 2 is 1.81 bits per heavy atom. The van der Waals surface area contributed by atoms with Crippen LogP contribution in [0.4, 0.5) is 5.69 Å². The first-order chi connectivity index (χ1) is 14.8. The van der Waals surface area contributed by atoms with Crippen molar-refractivity contribution < 1.29 is 32.6 Å². The molecule has 1 aliphatic heterocycles. The molecule has 0 unspecified atom stereocenters. The van der Waals surface area contributed by atoms with Crippen molar-refractivity contribution >= 4 is 27.6 Å². The Kier molecular flexibility index (Phi) is 7.13. The van der Waals surface area contributed by atoms with Gasteiger partial charge in [-0.15, -0.1) is 0 Å². The van der Waals surface area contributed by atoms with Crippen molar-refractivity contribution in [3.63, 3.8) is 0 Å². The van der Waals surface area contributed by atoms with Crippen LogP contribution in [-0.4, -0.2) is 56.5 Å². The van der Waals surface area contributed by atoms with Gasteiger partial charge in [0, 0.05) is 18.8 Å². The molecule has 1 heterocycles. The quantitative estimate of drug-likeness (QED) is 0.624. The molecule has 1 fully saturated rings. The van der Waals surface area contributed by atoms with E-state index in [4.69, 9.17) is 9.47 Å². The summed E-state index contributed by atoms with van der Waals surface area (Å²) in [6, 6.07) is 10.1. The first-order valence-corrected chi connectivity index (χ1v) is 11.2. The molecule has 0 aliphatic carbocycles. The molecule has 0 bridgehead atoms. The van der Waals surface area contributed by atoms with Gasteiger partial charge in [-0.3, -0.25) is 4.79 Å².